The van der Waals surface area contributed by atoms with Crippen LogP contribution in [0.15, 0.2) is 24.5 Å². The summed E-state index contributed by atoms with van der Waals surface area (Å²) in [6.45, 7) is 8.76. The fourth-order valence-corrected chi connectivity index (χ4v) is 2.43. The zero-order valence-electron chi connectivity index (χ0n) is 12.9. The van der Waals surface area contributed by atoms with E-state index in [1.165, 1.54) is 36.6 Å². The molecule has 0 radical (unpaired) electrons. The standard InChI is InChI=1S/C17H25N3/c1-4-6-10-20(11-7-5-2)17-15-12-14(3)8-9-16(15)18-13-19-17/h8-9,12-13H,4-7,10-11H2,1-3H3. The zero-order chi connectivity index (χ0) is 14.4. The Bertz CT molecular complexity index is 543. The molecule has 0 amide bonds. The largest absolute Gasteiger partial charge is 0.356 e. The van der Waals surface area contributed by atoms with Crippen LogP contribution < -0.4 is 4.90 Å². The summed E-state index contributed by atoms with van der Waals surface area (Å²) in [7, 11) is 0. The van der Waals surface area contributed by atoms with Gasteiger partial charge in [-0.25, -0.2) is 9.97 Å². The van der Waals surface area contributed by atoms with Gasteiger partial charge >= 0.3 is 0 Å². The summed E-state index contributed by atoms with van der Waals surface area (Å²) in [4.78, 5) is 11.4. The van der Waals surface area contributed by atoms with Crippen LogP contribution in [0.2, 0.25) is 0 Å². The van der Waals surface area contributed by atoms with E-state index in [4.69, 9.17) is 0 Å². The second-order valence-electron chi connectivity index (χ2n) is 5.41. The Balaban J connectivity index is 2.37. The number of aromatic nitrogens is 2. The monoisotopic (exact) mass is 271 g/mol. The molecule has 3 heteroatoms. The Morgan fingerprint density at radius 2 is 1.70 bits per heavy atom. The lowest BCUT2D eigenvalue weighted by Gasteiger charge is -2.24. The van der Waals surface area contributed by atoms with Crippen LogP contribution in [0.25, 0.3) is 10.9 Å². The zero-order valence-corrected chi connectivity index (χ0v) is 12.9. The second-order valence-corrected chi connectivity index (χ2v) is 5.41. The molecule has 0 atom stereocenters. The number of anilines is 1. The summed E-state index contributed by atoms with van der Waals surface area (Å²) in [5.41, 5.74) is 2.30. The van der Waals surface area contributed by atoms with Gasteiger partial charge in [0, 0.05) is 18.5 Å². The van der Waals surface area contributed by atoms with Gasteiger partial charge in [0.25, 0.3) is 0 Å². The Labute approximate surface area is 122 Å². The summed E-state index contributed by atoms with van der Waals surface area (Å²) in [6.07, 6.45) is 6.54. The molecule has 108 valence electrons. The number of hydrogen-bond donors (Lipinski definition) is 0. The Morgan fingerprint density at radius 1 is 1.00 bits per heavy atom. The van der Waals surface area contributed by atoms with Gasteiger partial charge in [-0.1, -0.05) is 38.3 Å². The van der Waals surface area contributed by atoms with Gasteiger partial charge in [0.2, 0.25) is 0 Å². The fourth-order valence-electron chi connectivity index (χ4n) is 2.43. The third kappa shape index (κ3) is 3.47. The van der Waals surface area contributed by atoms with Crippen molar-refractivity contribution >= 4 is 16.7 Å². The first-order valence-corrected chi connectivity index (χ1v) is 7.72. The molecular weight excluding hydrogens is 246 g/mol. The van der Waals surface area contributed by atoms with Crippen LogP contribution in [-0.2, 0) is 0 Å². The molecule has 0 saturated heterocycles. The molecule has 0 bridgehead atoms. The summed E-state index contributed by atoms with van der Waals surface area (Å²) in [6, 6.07) is 6.41. The van der Waals surface area contributed by atoms with E-state index in [0.717, 1.165) is 24.4 Å². The summed E-state index contributed by atoms with van der Waals surface area (Å²) in [5.74, 6) is 1.10. The molecule has 3 nitrogen and oxygen atoms in total. The third-order valence-corrected chi connectivity index (χ3v) is 3.63. The molecule has 1 aromatic carbocycles. The number of benzene rings is 1. The first-order chi connectivity index (χ1) is 9.76. The van der Waals surface area contributed by atoms with Crippen LogP contribution in [0.3, 0.4) is 0 Å². The minimum absolute atomic E-state index is 1.04. The number of nitrogens with zero attached hydrogens (tertiary/aromatic N) is 3. The lowest BCUT2D eigenvalue weighted by molar-refractivity contribution is 0.673. The van der Waals surface area contributed by atoms with E-state index in [-0.39, 0.29) is 0 Å². The van der Waals surface area contributed by atoms with E-state index >= 15 is 0 Å². The second kappa shape index (κ2) is 7.22. The minimum Gasteiger partial charge on any atom is -0.356 e. The van der Waals surface area contributed by atoms with Crippen molar-refractivity contribution in [1.29, 1.82) is 0 Å². The highest BCUT2D eigenvalue weighted by Crippen LogP contribution is 2.24. The highest BCUT2D eigenvalue weighted by Gasteiger charge is 2.11. The van der Waals surface area contributed by atoms with E-state index in [1.807, 2.05) is 0 Å². The number of hydrogen-bond acceptors (Lipinski definition) is 3. The molecule has 1 heterocycles. The molecule has 2 aromatic rings. The van der Waals surface area contributed by atoms with Crippen LogP contribution in [0.1, 0.15) is 45.1 Å². The Morgan fingerprint density at radius 3 is 2.35 bits per heavy atom. The lowest BCUT2D eigenvalue weighted by Crippen LogP contribution is -2.26. The topological polar surface area (TPSA) is 29.0 Å². The third-order valence-electron chi connectivity index (χ3n) is 3.63. The van der Waals surface area contributed by atoms with Gasteiger partial charge in [0.05, 0.1) is 5.52 Å². The first kappa shape index (κ1) is 14.8. The maximum absolute atomic E-state index is 4.57. The predicted molar refractivity (Wildman–Crippen MR) is 86.3 cm³/mol. The van der Waals surface area contributed by atoms with Gasteiger partial charge < -0.3 is 4.90 Å². The molecular formula is C17H25N3. The molecule has 0 aliphatic rings. The van der Waals surface area contributed by atoms with E-state index < -0.39 is 0 Å². The quantitative estimate of drug-likeness (QED) is 0.750. The van der Waals surface area contributed by atoms with Gasteiger partial charge in [-0.15, -0.1) is 0 Å². The predicted octanol–water partition coefficient (Wildman–Crippen LogP) is 4.34. The number of unbranched alkanes of at least 4 members (excludes halogenated alkanes) is 2. The average Bonchev–Trinajstić information content (AvgIpc) is 2.47. The van der Waals surface area contributed by atoms with Gasteiger partial charge in [0.1, 0.15) is 12.1 Å². The minimum atomic E-state index is 1.04. The van der Waals surface area contributed by atoms with Crippen molar-refractivity contribution in [3.8, 4) is 0 Å². The normalized spacial score (nSPS) is 10.9. The molecule has 20 heavy (non-hydrogen) atoms. The number of fused-ring (bicyclic) bond motifs is 1. The van der Waals surface area contributed by atoms with Crippen LogP contribution >= 0.6 is 0 Å². The highest BCUT2D eigenvalue weighted by molar-refractivity contribution is 5.89. The summed E-state index contributed by atoms with van der Waals surface area (Å²) < 4.78 is 0. The van der Waals surface area contributed by atoms with Crippen molar-refractivity contribution in [3.63, 3.8) is 0 Å². The van der Waals surface area contributed by atoms with E-state index in [9.17, 15) is 0 Å². The fraction of sp³-hybridized carbons (Fsp3) is 0.529. The maximum Gasteiger partial charge on any atom is 0.139 e. The molecule has 0 saturated carbocycles. The summed E-state index contributed by atoms with van der Waals surface area (Å²) >= 11 is 0. The van der Waals surface area contributed by atoms with Crippen molar-refractivity contribution in [2.45, 2.75) is 46.5 Å². The van der Waals surface area contributed by atoms with Gasteiger partial charge in [-0.3, -0.25) is 0 Å². The molecule has 1 aromatic heterocycles. The Hall–Kier alpha value is -1.64. The van der Waals surface area contributed by atoms with Crippen molar-refractivity contribution < 1.29 is 0 Å². The van der Waals surface area contributed by atoms with Crippen LogP contribution in [-0.4, -0.2) is 23.1 Å². The van der Waals surface area contributed by atoms with Gasteiger partial charge in [-0.2, -0.15) is 0 Å². The van der Waals surface area contributed by atoms with E-state index in [1.54, 1.807) is 6.33 Å². The van der Waals surface area contributed by atoms with Crippen molar-refractivity contribution in [1.82, 2.24) is 9.97 Å². The van der Waals surface area contributed by atoms with Crippen LogP contribution in [0.4, 0.5) is 5.82 Å². The lowest BCUT2D eigenvalue weighted by atomic mass is 10.1. The number of rotatable bonds is 7. The Kier molecular flexibility index (Phi) is 5.33. The van der Waals surface area contributed by atoms with Crippen LogP contribution in [0.5, 0.6) is 0 Å². The molecule has 0 aliphatic heterocycles. The smallest absolute Gasteiger partial charge is 0.139 e. The van der Waals surface area contributed by atoms with E-state index in [0.29, 0.717) is 0 Å². The molecule has 0 aliphatic carbocycles. The first-order valence-electron chi connectivity index (χ1n) is 7.72. The van der Waals surface area contributed by atoms with Crippen molar-refractivity contribution in [3.05, 3.63) is 30.1 Å². The average molecular weight is 271 g/mol. The van der Waals surface area contributed by atoms with Crippen molar-refractivity contribution in [2.75, 3.05) is 18.0 Å². The molecule has 0 N–H and O–H groups in total. The maximum atomic E-state index is 4.57. The highest BCUT2D eigenvalue weighted by atomic mass is 15.2. The number of aryl methyl sites for hydroxylation is 1. The van der Waals surface area contributed by atoms with Crippen LogP contribution in [0, 0.1) is 6.92 Å². The van der Waals surface area contributed by atoms with Gasteiger partial charge in [-0.05, 0) is 31.9 Å². The summed E-state index contributed by atoms with van der Waals surface area (Å²) in [5, 5.41) is 1.18. The molecule has 0 unspecified atom stereocenters. The van der Waals surface area contributed by atoms with Gasteiger partial charge in [0.15, 0.2) is 0 Å². The SMILES string of the molecule is CCCCN(CCCC)c1ncnc2ccc(C)cc12. The van der Waals surface area contributed by atoms with Crippen molar-refractivity contribution in [2.24, 2.45) is 0 Å². The molecule has 2 rings (SSSR count). The van der Waals surface area contributed by atoms with E-state index in [2.05, 4.69) is 53.8 Å². The molecule has 0 fully saturated rings. The molecule has 0 spiro atoms.